The Labute approximate surface area is 200 Å². The Morgan fingerprint density at radius 2 is 1.87 bits per heavy atom. The van der Waals surface area contributed by atoms with Gasteiger partial charge in [0.2, 0.25) is 0 Å². The standard InChI is InChI=1S/C28H45FS2/c1-20-19-24-23-11-10-21-9-7-8-13-27(21,6)28(23,29)15-14-26(24,5)22(20)12-16-30-17-18-31-25(2,3)4/h8-9,13,20,22-24H,7,10-12,14-19H2,1-6H3/t20-,22+,23+,24+,26-,27+,28-/m1/s1. The largest absolute Gasteiger partial charge is 0.242 e. The van der Waals surface area contributed by atoms with Crippen LogP contribution in [-0.4, -0.2) is 27.7 Å². The van der Waals surface area contributed by atoms with Crippen LogP contribution in [0, 0.1) is 34.5 Å². The van der Waals surface area contributed by atoms with Crippen LogP contribution in [0.5, 0.6) is 0 Å². The van der Waals surface area contributed by atoms with Crippen molar-refractivity contribution in [1.29, 1.82) is 0 Å². The van der Waals surface area contributed by atoms with Gasteiger partial charge in [-0.2, -0.15) is 23.5 Å². The van der Waals surface area contributed by atoms with Crippen molar-refractivity contribution in [2.75, 3.05) is 17.3 Å². The van der Waals surface area contributed by atoms with Crippen molar-refractivity contribution in [3.63, 3.8) is 0 Å². The highest BCUT2D eigenvalue weighted by Gasteiger charge is 2.66. The number of fused-ring (bicyclic) bond motifs is 5. The van der Waals surface area contributed by atoms with Gasteiger partial charge in [0, 0.05) is 21.7 Å². The molecule has 4 rings (SSSR count). The van der Waals surface area contributed by atoms with Gasteiger partial charge in [-0.15, -0.1) is 0 Å². The van der Waals surface area contributed by atoms with Crippen molar-refractivity contribution >= 4 is 23.5 Å². The van der Waals surface area contributed by atoms with Crippen molar-refractivity contribution in [2.24, 2.45) is 34.5 Å². The number of hydrogen-bond acceptors (Lipinski definition) is 2. The van der Waals surface area contributed by atoms with Gasteiger partial charge in [-0.1, -0.05) is 58.4 Å². The molecule has 0 nitrogen and oxygen atoms in total. The van der Waals surface area contributed by atoms with E-state index in [9.17, 15) is 0 Å². The van der Waals surface area contributed by atoms with E-state index in [1.165, 1.54) is 35.7 Å². The normalized spacial score (nSPS) is 44.4. The second-order valence-corrected chi connectivity index (χ2v) is 15.5. The van der Waals surface area contributed by atoms with E-state index in [0.29, 0.717) is 16.1 Å². The summed E-state index contributed by atoms with van der Waals surface area (Å²) >= 11 is 4.23. The topological polar surface area (TPSA) is 0 Å². The zero-order valence-electron chi connectivity index (χ0n) is 20.8. The highest BCUT2D eigenvalue weighted by molar-refractivity contribution is 8.03. The van der Waals surface area contributed by atoms with Crippen molar-refractivity contribution in [2.45, 2.75) is 96.9 Å². The summed E-state index contributed by atoms with van der Waals surface area (Å²) in [5, 5.41) is 0. The third kappa shape index (κ3) is 4.22. The van der Waals surface area contributed by atoms with Crippen molar-refractivity contribution < 1.29 is 4.39 Å². The van der Waals surface area contributed by atoms with E-state index >= 15 is 4.39 Å². The Hall–Kier alpha value is 0.110. The first kappa shape index (κ1) is 24.2. The minimum Gasteiger partial charge on any atom is -0.242 e. The minimum atomic E-state index is -1.04. The van der Waals surface area contributed by atoms with E-state index in [0.717, 1.165) is 43.9 Å². The number of rotatable bonds is 6. The van der Waals surface area contributed by atoms with Crippen LogP contribution in [0.4, 0.5) is 4.39 Å². The molecule has 4 aliphatic rings. The molecular weight excluding hydrogens is 419 g/mol. The van der Waals surface area contributed by atoms with Crippen molar-refractivity contribution in [3.8, 4) is 0 Å². The fourth-order valence-corrected chi connectivity index (χ4v) is 10.1. The van der Waals surface area contributed by atoms with E-state index in [1.54, 1.807) is 0 Å². The quantitative estimate of drug-likeness (QED) is 0.285. The fourth-order valence-electron chi connectivity index (χ4n) is 8.03. The molecule has 0 aromatic carbocycles. The highest BCUT2D eigenvalue weighted by Crippen LogP contribution is 2.70. The van der Waals surface area contributed by atoms with Crippen LogP contribution in [0.15, 0.2) is 23.8 Å². The molecule has 0 heterocycles. The number of alkyl halides is 1. The van der Waals surface area contributed by atoms with Gasteiger partial charge in [0.25, 0.3) is 0 Å². The Balaban J connectivity index is 1.42. The lowest BCUT2D eigenvalue weighted by atomic mass is 9.46. The monoisotopic (exact) mass is 464 g/mol. The smallest absolute Gasteiger partial charge is 0.126 e. The number of allylic oxidation sites excluding steroid dienone is 4. The van der Waals surface area contributed by atoms with Gasteiger partial charge in [0.15, 0.2) is 0 Å². The van der Waals surface area contributed by atoms with Crippen molar-refractivity contribution in [3.05, 3.63) is 23.8 Å². The van der Waals surface area contributed by atoms with Crippen LogP contribution in [0.25, 0.3) is 0 Å². The molecule has 4 aliphatic carbocycles. The Morgan fingerprint density at radius 1 is 1.10 bits per heavy atom. The van der Waals surface area contributed by atoms with E-state index in [1.807, 2.05) is 0 Å². The first-order valence-electron chi connectivity index (χ1n) is 12.8. The van der Waals surface area contributed by atoms with Crippen LogP contribution >= 0.6 is 23.5 Å². The predicted octanol–water partition coefficient (Wildman–Crippen LogP) is 8.72. The second kappa shape index (κ2) is 8.71. The summed E-state index contributed by atoms with van der Waals surface area (Å²) in [4.78, 5) is 0. The molecule has 31 heavy (non-hydrogen) atoms. The molecule has 176 valence electrons. The molecule has 3 fully saturated rings. The van der Waals surface area contributed by atoms with E-state index in [2.05, 4.69) is 83.3 Å². The Morgan fingerprint density at radius 3 is 2.61 bits per heavy atom. The molecule has 0 aromatic heterocycles. The molecule has 0 spiro atoms. The van der Waals surface area contributed by atoms with Gasteiger partial charge >= 0.3 is 0 Å². The zero-order valence-corrected chi connectivity index (χ0v) is 22.4. The maximum atomic E-state index is 17.0. The molecule has 0 aliphatic heterocycles. The summed E-state index contributed by atoms with van der Waals surface area (Å²) in [7, 11) is 0. The Bertz CT molecular complexity index is 721. The summed E-state index contributed by atoms with van der Waals surface area (Å²) in [6, 6.07) is 0. The van der Waals surface area contributed by atoms with Crippen LogP contribution in [0.1, 0.15) is 86.5 Å². The minimum absolute atomic E-state index is 0.249. The maximum absolute atomic E-state index is 17.0. The molecule has 7 atom stereocenters. The van der Waals surface area contributed by atoms with Gasteiger partial charge in [-0.05, 0) is 86.7 Å². The molecule has 0 aromatic rings. The van der Waals surface area contributed by atoms with Crippen LogP contribution in [0.2, 0.25) is 0 Å². The number of hydrogen-bond donors (Lipinski definition) is 0. The SMILES string of the molecule is C[C@@H]1C[C@H]2[C@@H]3CCC4=CCC=C[C@]4(C)[C@@]3(F)CC[C@]2(C)[C@H]1CCSCCSC(C)(C)C. The summed E-state index contributed by atoms with van der Waals surface area (Å²) in [6.07, 6.45) is 14.4. The first-order chi connectivity index (χ1) is 14.5. The first-order valence-corrected chi connectivity index (χ1v) is 14.9. The molecule has 0 radical (unpaired) electrons. The lowest BCUT2D eigenvalue weighted by Crippen LogP contribution is -2.59. The van der Waals surface area contributed by atoms with E-state index in [-0.39, 0.29) is 11.3 Å². The third-order valence-corrected chi connectivity index (χ3v) is 12.2. The summed E-state index contributed by atoms with van der Waals surface area (Å²) < 4.78 is 17.4. The molecule has 0 saturated heterocycles. The average molecular weight is 465 g/mol. The zero-order chi connectivity index (χ0) is 22.5. The second-order valence-electron chi connectivity index (χ2n) is 12.4. The summed E-state index contributed by atoms with van der Waals surface area (Å²) in [5.74, 6) is 6.13. The van der Waals surface area contributed by atoms with E-state index < -0.39 is 5.67 Å². The van der Waals surface area contributed by atoms with Gasteiger partial charge in [0.1, 0.15) is 5.67 Å². The summed E-state index contributed by atoms with van der Waals surface area (Å²) in [6.45, 7) is 14.2. The lowest BCUT2D eigenvalue weighted by Gasteiger charge is -2.60. The third-order valence-electron chi connectivity index (χ3n) is 9.65. The highest BCUT2D eigenvalue weighted by atomic mass is 32.2. The predicted molar refractivity (Wildman–Crippen MR) is 139 cm³/mol. The fraction of sp³-hybridized carbons (Fsp3) is 0.857. The van der Waals surface area contributed by atoms with Crippen LogP contribution in [-0.2, 0) is 0 Å². The molecular formula is C28H45FS2. The maximum Gasteiger partial charge on any atom is 0.126 e. The molecule has 0 unspecified atom stereocenters. The van der Waals surface area contributed by atoms with Gasteiger partial charge in [0.05, 0.1) is 0 Å². The van der Waals surface area contributed by atoms with Crippen molar-refractivity contribution in [1.82, 2.24) is 0 Å². The number of halogens is 1. The van der Waals surface area contributed by atoms with Gasteiger partial charge in [-0.25, -0.2) is 4.39 Å². The average Bonchev–Trinajstić information content (AvgIpc) is 2.94. The molecule has 0 bridgehead atoms. The molecule has 0 N–H and O–H groups in total. The molecule has 3 heteroatoms. The lowest BCUT2D eigenvalue weighted by molar-refractivity contribution is -0.126. The number of thioether (sulfide) groups is 2. The van der Waals surface area contributed by atoms with Crippen LogP contribution < -0.4 is 0 Å². The summed E-state index contributed by atoms with van der Waals surface area (Å²) in [5.41, 5.74) is 0.351. The van der Waals surface area contributed by atoms with Gasteiger partial charge < -0.3 is 0 Å². The van der Waals surface area contributed by atoms with Crippen LogP contribution in [0.3, 0.4) is 0 Å². The Kier molecular flexibility index (Phi) is 6.81. The van der Waals surface area contributed by atoms with Gasteiger partial charge in [-0.3, -0.25) is 0 Å². The van der Waals surface area contributed by atoms with E-state index in [4.69, 9.17) is 0 Å². The molecule has 0 amide bonds. The molecule has 3 saturated carbocycles.